The topological polar surface area (TPSA) is 91.6 Å². The number of nitriles is 1. The monoisotopic (exact) mass is 458 g/mol. The van der Waals surface area contributed by atoms with Crippen molar-refractivity contribution in [3.8, 4) is 11.8 Å². The Kier molecular flexibility index (Phi) is 9.98. The molecular formula is C25H31ClN2O4. The van der Waals surface area contributed by atoms with Crippen molar-refractivity contribution in [2.75, 3.05) is 19.8 Å². The fourth-order valence-electron chi connectivity index (χ4n) is 3.22. The summed E-state index contributed by atoms with van der Waals surface area (Å²) < 4.78 is 10.6. The van der Waals surface area contributed by atoms with Gasteiger partial charge in [-0.3, -0.25) is 0 Å². The van der Waals surface area contributed by atoms with Crippen molar-refractivity contribution in [2.24, 2.45) is 0 Å². The minimum Gasteiger partial charge on any atom is -0.489 e. The SMILES string of the molecule is CCOC(=O)c1ccc(CCCC(C)(C)NCC(O)COc2cccc(Cl)c2C#N)cc1. The number of hydrogen-bond donors (Lipinski definition) is 2. The molecule has 2 aromatic rings. The maximum atomic E-state index is 11.7. The number of aryl methyl sites for hydroxylation is 1. The van der Waals surface area contributed by atoms with Crippen molar-refractivity contribution in [1.29, 1.82) is 5.26 Å². The van der Waals surface area contributed by atoms with Crippen LogP contribution in [0.15, 0.2) is 42.5 Å². The fraction of sp³-hybridized carbons (Fsp3) is 0.440. The van der Waals surface area contributed by atoms with Crippen molar-refractivity contribution >= 4 is 17.6 Å². The van der Waals surface area contributed by atoms with Gasteiger partial charge in [-0.15, -0.1) is 0 Å². The Balaban J connectivity index is 1.73. The summed E-state index contributed by atoms with van der Waals surface area (Å²) in [6, 6.07) is 14.5. The minimum absolute atomic E-state index is 0.0604. The second-order valence-electron chi connectivity index (χ2n) is 8.23. The second kappa shape index (κ2) is 12.4. The molecule has 0 saturated heterocycles. The standard InChI is InChI=1S/C25H31ClN2O4/c1-4-31-24(30)19-12-10-18(11-13-19)7-6-14-25(2,3)28-16-20(29)17-32-23-9-5-8-22(26)21(23)15-27/h5,8-13,20,28-29H,4,6-7,14,16-17H2,1-3H3. The predicted molar refractivity (Wildman–Crippen MR) is 125 cm³/mol. The lowest BCUT2D eigenvalue weighted by Crippen LogP contribution is -2.44. The highest BCUT2D eigenvalue weighted by Crippen LogP contribution is 2.25. The number of carbonyl (C=O) groups is 1. The van der Waals surface area contributed by atoms with Crippen LogP contribution >= 0.6 is 11.6 Å². The van der Waals surface area contributed by atoms with E-state index in [1.807, 2.05) is 18.2 Å². The highest BCUT2D eigenvalue weighted by molar-refractivity contribution is 6.31. The number of esters is 1. The van der Waals surface area contributed by atoms with Gasteiger partial charge < -0.3 is 19.9 Å². The van der Waals surface area contributed by atoms with Gasteiger partial charge in [0.25, 0.3) is 0 Å². The Labute approximate surface area is 195 Å². The Bertz CT molecular complexity index is 923. The first-order valence-corrected chi connectivity index (χ1v) is 11.1. The molecule has 2 aromatic carbocycles. The van der Waals surface area contributed by atoms with Crippen LogP contribution in [0.4, 0.5) is 0 Å². The normalized spacial score (nSPS) is 12.1. The van der Waals surface area contributed by atoms with E-state index in [0.717, 1.165) is 24.8 Å². The lowest BCUT2D eigenvalue weighted by atomic mass is 9.95. The molecule has 2 rings (SSSR count). The minimum atomic E-state index is -0.727. The quantitative estimate of drug-likeness (QED) is 0.454. The first-order valence-electron chi connectivity index (χ1n) is 10.8. The summed E-state index contributed by atoms with van der Waals surface area (Å²) in [5, 5.41) is 23.2. The van der Waals surface area contributed by atoms with E-state index in [2.05, 4.69) is 19.2 Å². The summed E-state index contributed by atoms with van der Waals surface area (Å²) in [6.45, 7) is 6.77. The van der Waals surface area contributed by atoms with Crippen LogP contribution in [0.2, 0.25) is 5.02 Å². The van der Waals surface area contributed by atoms with Crippen LogP contribution in [0, 0.1) is 11.3 Å². The number of aliphatic hydroxyl groups is 1. The molecule has 0 saturated carbocycles. The number of hydrogen-bond acceptors (Lipinski definition) is 6. The average molecular weight is 459 g/mol. The van der Waals surface area contributed by atoms with Crippen LogP contribution < -0.4 is 10.1 Å². The largest absolute Gasteiger partial charge is 0.489 e. The number of rotatable bonds is 12. The average Bonchev–Trinajstić information content (AvgIpc) is 2.77. The number of nitrogens with one attached hydrogen (secondary N) is 1. The molecule has 0 radical (unpaired) electrons. The third kappa shape index (κ3) is 8.16. The molecule has 0 aromatic heterocycles. The van der Waals surface area contributed by atoms with E-state index in [-0.39, 0.29) is 23.7 Å². The number of carbonyl (C=O) groups excluding carboxylic acids is 1. The first-order chi connectivity index (χ1) is 15.3. The van der Waals surface area contributed by atoms with Crippen molar-refractivity contribution in [3.63, 3.8) is 0 Å². The third-order valence-electron chi connectivity index (χ3n) is 5.07. The predicted octanol–water partition coefficient (Wildman–Crippen LogP) is 4.52. The molecule has 2 N–H and O–H groups in total. The van der Waals surface area contributed by atoms with Gasteiger partial charge in [0.1, 0.15) is 30.1 Å². The van der Waals surface area contributed by atoms with Crippen molar-refractivity contribution in [2.45, 2.75) is 51.7 Å². The van der Waals surface area contributed by atoms with Gasteiger partial charge in [-0.05, 0) is 69.9 Å². The zero-order valence-electron chi connectivity index (χ0n) is 18.9. The molecule has 0 aliphatic heterocycles. The van der Waals surface area contributed by atoms with E-state index < -0.39 is 6.10 Å². The van der Waals surface area contributed by atoms with E-state index >= 15 is 0 Å². The Morgan fingerprint density at radius 3 is 2.62 bits per heavy atom. The van der Waals surface area contributed by atoms with Gasteiger partial charge in [0.05, 0.1) is 17.2 Å². The summed E-state index contributed by atoms with van der Waals surface area (Å²) in [5.74, 6) is 0.0680. The molecule has 0 aliphatic rings. The lowest BCUT2D eigenvalue weighted by Gasteiger charge is -2.28. The molecule has 0 spiro atoms. The van der Waals surface area contributed by atoms with E-state index in [4.69, 9.17) is 21.1 Å². The molecule has 0 amide bonds. The molecule has 6 nitrogen and oxygen atoms in total. The summed E-state index contributed by atoms with van der Waals surface area (Å²) in [5.41, 5.74) is 1.83. The summed E-state index contributed by atoms with van der Waals surface area (Å²) in [6.07, 6.45) is 2.04. The van der Waals surface area contributed by atoms with Crippen LogP contribution in [0.25, 0.3) is 0 Å². The van der Waals surface area contributed by atoms with Crippen molar-refractivity contribution in [3.05, 3.63) is 64.2 Å². The van der Waals surface area contributed by atoms with Crippen LogP contribution in [0.5, 0.6) is 5.75 Å². The molecule has 1 atom stereocenters. The third-order valence-corrected chi connectivity index (χ3v) is 5.38. The molecule has 0 aliphatic carbocycles. The van der Waals surface area contributed by atoms with Gasteiger partial charge in [-0.25, -0.2) is 4.79 Å². The first kappa shape index (κ1) is 25.7. The molecular weight excluding hydrogens is 428 g/mol. The number of aliphatic hydroxyl groups excluding tert-OH is 1. The number of ether oxygens (including phenoxy) is 2. The Morgan fingerprint density at radius 1 is 1.25 bits per heavy atom. The highest BCUT2D eigenvalue weighted by atomic mass is 35.5. The van der Waals surface area contributed by atoms with E-state index in [9.17, 15) is 15.2 Å². The maximum Gasteiger partial charge on any atom is 0.338 e. The van der Waals surface area contributed by atoms with Crippen LogP contribution in [0.3, 0.4) is 0 Å². The molecule has 32 heavy (non-hydrogen) atoms. The molecule has 0 fully saturated rings. The van der Waals surface area contributed by atoms with Crippen molar-refractivity contribution in [1.82, 2.24) is 5.32 Å². The summed E-state index contributed by atoms with van der Waals surface area (Å²) in [4.78, 5) is 11.7. The summed E-state index contributed by atoms with van der Waals surface area (Å²) >= 11 is 5.99. The second-order valence-corrected chi connectivity index (χ2v) is 8.63. The van der Waals surface area contributed by atoms with Crippen LogP contribution in [-0.4, -0.2) is 42.5 Å². The van der Waals surface area contributed by atoms with E-state index in [0.29, 0.717) is 29.5 Å². The molecule has 0 bridgehead atoms. The fourth-order valence-corrected chi connectivity index (χ4v) is 3.43. The van der Waals surface area contributed by atoms with Gasteiger partial charge in [-0.2, -0.15) is 5.26 Å². The molecule has 1 unspecified atom stereocenters. The number of halogens is 1. The van der Waals surface area contributed by atoms with Gasteiger partial charge in [0.2, 0.25) is 0 Å². The molecule has 0 heterocycles. The Morgan fingerprint density at radius 2 is 1.97 bits per heavy atom. The van der Waals surface area contributed by atoms with Crippen LogP contribution in [0.1, 0.15) is 55.1 Å². The number of benzene rings is 2. The Hall–Kier alpha value is -2.59. The van der Waals surface area contributed by atoms with Gasteiger partial charge in [-0.1, -0.05) is 29.8 Å². The molecule has 7 heteroatoms. The molecule has 172 valence electrons. The van der Waals surface area contributed by atoms with Gasteiger partial charge >= 0.3 is 5.97 Å². The van der Waals surface area contributed by atoms with E-state index in [1.54, 1.807) is 37.3 Å². The van der Waals surface area contributed by atoms with Gasteiger partial charge in [0, 0.05) is 12.1 Å². The lowest BCUT2D eigenvalue weighted by molar-refractivity contribution is 0.0526. The smallest absolute Gasteiger partial charge is 0.338 e. The van der Waals surface area contributed by atoms with Crippen molar-refractivity contribution < 1.29 is 19.4 Å². The van der Waals surface area contributed by atoms with E-state index in [1.165, 1.54) is 0 Å². The van der Waals surface area contributed by atoms with Gasteiger partial charge in [0.15, 0.2) is 0 Å². The van der Waals surface area contributed by atoms with Crippen LogP contribution in [-0.2, 0) is 11.2 Å². The zero-order chi connectivity index (χ0) is 23.6. The number of β-amino-alcohol motifs (C(OH)–C–C–N with tert-alkyl or cyclic N) is 1. The number of nitrogens with zero attached hydrogens (tertiary/aromatic N) is 1. The zero-order valence-corrected chi connectivity index (χ0v) is 19.6. The highest BCUT2D eigenvalue weighted by Gasteiger charge is 2.19. The summed E-state index contributed by atoms with van der Waals surface area (Å²) in [7, 11) is 0. The maximum absolute atomic E-state index is 11.7.